The van der Waals surface area contributed by atoms with E-state index in [1.54, 1.807) is 0 Å². The van der Waals surface area contributed by atoms with Crippen LogP contribution in [-0.2, 0) is 4.79 Å². The van der Waals surface area contributed by atoms with Crippen LogP contribution in [-0.4, -0.2) is 55.1 Å². The SMILES string of the molecule is CCCC1NC(CC)N(CCCN(C)C)C1=O. The molecule has 1 rings (SSSR count). The van der Waals surface area contributed by atoms with Crippen molar-refractivity contribution in [2.45, 2.75) is 51.7 Å². The number of rotatable bonds is 7. The second-order valence-electron chi connectivity index (χ2n) is 5.12. The van der Waals surface area contributed by atoms with E-state index < -0.39 is 0 Å². The standard InChI is InChI=1S/C13H27N3O/c1-5-8-11-13(17)16(12(6-2)14-11)10-7-9-15(3)4/h11-12,14H,5-10H2,1-4H3. The van der Waals surface area contributed by atoms with Crippen LogP contribution in [0.15, 0.2) is 0 Å². The van der Waals surface area contributed by atoms with Crippen molar-refractivity contribution in [3.63, 3.8) is 0 Å². The second kappa shape index (κ2) is 6.97. The Labute approximate surface area is 105 Å². The van der Waals surface area contributed by atoms with Gasteiger partial charge in [-0.05, 0) is 39.9 Å². The fourth-order valence-corrected chi connectivity index (χ4v) is 2.40. The highest BCUT2D eigenvalue weighted by atomic mass is 16.2. The highest BCUT2D eigenvalue weighted by molar-refractivity contribution is 5.84. The van der Waals surface area contributed by atoms with Crippen molar-refractivity contribution >= 4 is 5.91 Å². The van der Waals surface area contributed by atoms with Gasteiger partial charge in [0, 0.05) is 6.54 Å². The first-order chi connectivity index (χ1) is 8.10. The van der Waals surface area contributed by atoms with Gasteiger partial charge in [0.2, 0.25) is 5.91 Å². The van der Waals surface area contributed by atoms with Crippen LogP contribution in [0.3, 0.4) is 0 Å². The number of nitrogens with one attached hydrogen (secondary N) is 1. The molecule has 1 aliphatic rings. The highest BCUT2D eigenvalue weighted by Gasteiger charge is 2.36. The lowest BCUT2D eigenvalue weighted by molar-refractivity contribution is -0.130. The fraction of sp³-hybridized carbons (Fsp3) is 0.923. The average molecular weight is 241 g/mol. The minimum atomic E-state index is 0.0595. The second-order valence-corrected chi connectivity index (χ2v) is 5.12. The van der Waals surface area contributed by atoms with E-state index in [0.717, 1.165) is 38.8 Å². The molecule has 0 aromatic heterocycles. The van der Waals surface area contributed by atoms with Crippen molar-refractivity contribution in [3.05, 3.63) is 0 Å². The van der Waals surface area contributed by atoms with Gasteiger partial charge in [0.1, 0.15) is 0 Å². The molecule has 2 unspecified atom stereocenters. The molecule has 100 valence electrons. The Morgan fingerprint density at radius 3 is 2.59 bits per heavy atom. The predicted octanol–water partition coefficient (Wildman–Crippen LogP) is 1.27. The van der Waals surface area contributed by atoms with E-state index in [9.17, 15) is 4.79 Å². The summed E-state index contributed by atoms with van der Waals surface area (Å²) in [4.78, 5) is 16.4. The van der Waals surface area contributed by atoms with Gasteiger partial charge in [-0.3, -0.25) is 10.1 Å². The molecule has 1 N–H and O–H groups in total. The summed E-state index contributed by atoms with van der Waals surface area (Å²) < 4.78 is 0. The van der Waals surface area contributed by atoms with Gasteiger partial charge in [-0.15, -0.1) is 0 Å². The molecule has 0 aromatic rings. The summed E-state index contributed by atoms with van der Waals surface area (Å²) in [5.74, 6) is 0.303. The molecule has 0 aliphatic carbocycles. The van der Waals surface area contributed by atoms with Crippen LogP contribution >= 0.6 is 0 Å². The van der Waals surface area contributed by atoms with Gasteiger partial charge in [0.25, 0.3) is 0 Å². The lowest BCUT2D eigenvalue weighted by atomic mass is 10.1. The molecule has 2 atom stereocenters. The third-order valence-corrected chi connectivity index (χ3v) is 3.32. The Kier molecular flexibility index (Phi) is 5.92. The predicted molar refractivity (Wildman–Crippen MR) is 70.8 cm³/mol. The van der Waals surface area contributed by atoms with Crippen molar-refractivity contribution in [1.29, 1.82) is 0 Å². The van der Waals surface area contributed by atoms with Gasteiger partial charge in [0.05, 0.1) is 12.2 Å². The summed E-state index contributed by atoms with van der Waals surface area (Å²) >= 11 is 0. The maximum atomic E-state index is 12.2. The van der Waals surface area contributed by atoms with Crippen LogP contribution in [0.2, 0.25) is 0 Å². The molecule has 1 saturated heterocycles. The Morgan fingerprint density at radius 2 is 2.06 bits per heavy atom. The van der Waals surface area contributed by atoms with Gasteiger partial charge in [-0.25, -0.2) is 0 Å². The smallest absolute Gasteiger partial charge is 0.241 e. The molecule has 1 fully saturated rings. The van der Waals surface area contributed by atoms with Gasteiger partial charge in [0.15, 0.2) is 0 Å². The van der Waals surface area contributed by atoms with E-state index in [4.69, 9.17) is 0 Å². The van der Waals surface area contributed by atoms with Crippen LogP contribution in [0.1, 0.15) is 39.5 Å². The molecule has 0 saturated carbocycles. The molecule has 4 heteroatoms. The summed E-state index contributed by atoms with van der Waals surface area (Å²) in [5, 5.41) is 3.44. The van der Waals surface area contributed by atoms with E-state index in [1.165, 1.54) is 0 Å². The van der Waals surface area contributed by atoms with Gasteiger partial charge in [-0.2, -0.15) is 0 Å². The van der Waals surface area contributed by atoms with Crippen molar-refractivity contribution in [1.82, 2.24) is 15.1 Å². The van der Waals surface area contributed by atoms with Crippen molar-refractivity contribution in [2.24, 2.45) is 0 Å². The molecule has 1 heterocycles. The topological polar surface area (TPSA) is 35.6 Å². The molecule has 0 radical (unpaired) electrons. The zero-order valence-corrected chi connectivity index (χ0v) is 11.7. The van der Waals surface area contributed by atoms with E-state index in [-0.39, 0.29) is 12.2 Å². The Morgan fingerprint density at radius 1 is 1.35 bits per heavy atom. The zero-order chi connectivity index (χ0) is 12.8. The van der Waals surface area contributed by atoms with Crippen LogP contribution in [0.4, 0.5) is 0 Å². The third-order valence-electron chi connectivity index (χ3n) is 3.32. The molecule has 0 bridgehead atoms. The Hall–Kier alpha value is -0.610. The van der Waals surface area contributed by atoms with E-state index in [0.29, 0.717) is 5.91 Å². The Bertz CT molecular complexity index is 243. The molecule has 4 nitrogen and oxygen atoms in total. The minimum Gasteiger partial charge on any atom is -0.326 e. The third kappa shape index (κ3) is 3.96. The van der Waals surface area contributed by atoms with Gasteiger partial charge >= 0.3 is 0 Å². The molecule has 17 heavy (non-hydrogen) atoms. The number of nitrogens with zero attached hydrogens (tertiary/aromatic N) is 2. The largest absolute Gasteiger partial charge is 0.326 e. The molecule has 1 aliphatic heterocycles. The number of hydrogen-bond donors (Lipinski definition) is 1. The summed E-state index contributed by atoms with van der Waals surface area (Å²) in [6.07, 6.45) is 4.32. The Balaban J connectivity index is 2.47. The first-order valence-corrected chi connectivity index (χ1v) is 6.81. The fourth-order valence-electron chi connectivity index (χ4n) is 2.40. The molecular formula is C13H27N3O. The first-order valence-electron chi connectivity index (χ1n) is 6.81. The molecular weight excluding hydrogens is 214 g/mol. The van der Waals surface area contributed by atoms with E-state index in [1.807, 2.05) is 4.90 Å². The van der Waals surface area contributed by atoms with Crippen molar-refractivity contribution in [2.75, 3.05) is 27.2 Å². The zero-order valence-electron chi connectivity index (χ0n) is 11.7. The monoisotopic (exact) mass is 241 g/mol. The number of carbonyl (C=O) groups is 1. The number of hydrogen-bond acceptors (Lipinski definition) is 3. The van der Waals surface area contributed by atoms with Crippen LogP contribution in [0, 0.1) is 0 Å². The summed E-state index contributed by atoms with van der Waals surface area (Å²) in [5.41, 5.74) is 0. The molecule has 1 amide bonds. The van der Waals surface area contributed by atoms with E-state index >= 15 is 0 Å². The van der Waals surface area contributed by atoms with Gasteiger partial charge in [-0.1, -0.05) is 20.3 Å². The normalized spacial score (nSPS) is 25.0. The molecule has 0 spiro atoms. The maximum absolute atomic E-state index is 12.2. The highest BCUT2D eigenvalue weighted by Crippen LogP contribution is 2.17. The van der Waals surface area contributed by atoms with E-state index in [2.05, 4.69) is 38.2 Å². The molecule has 0 aromatic carbocycles. The van der Waals surface area contributed by atoms with Crippen LogP contribution < -0.4 is 5.32 Å². The van der Waals surface area contributed by atoms with Crippen LogP contribution in [0.5, 0.6) is 0 Å². The quantitative estimate of drug-likeness (QED) is 0.729. The lowest BCUT2D eigenvalue weighted by Crippen LogP contribution is -2.38. The summed E-state index contributed by atoms with van der Waals surface area (Å²) in [6, 6.07) is 0.0595. The van der Waals surface area contributed by atoms with Crippen molar-refractivity contribution < 1.29 is 4.79 Å². The average Bonchev–Trinajstić information content (AvgIpc) is 2.57. The number of carbonyl (C=O) groups excluding carboxylic acids is 1. The minimum absolute atomic E-state index is 0.0595. The van der Waals surface area contributed by atoms with Crippen LogP contribution in [0.25, 0.3) is 0 Å². The number of amides is 1. The summed E-state index contributed by atoms with van der Waals surface area (Å²) in [6.45, 7) is 6.18. The lowest BCUT2D eigenvalue weighted by Gasteiger charge is -2.23. The van der Waals surface area contributed by atoms with Crippen molar-refractivity contribution in [3.8, 4) is 0 Å². The summed E-state index contributed by atoms with van der Waals surface area (Å²) in [7, 11) is 4.14. The maximum Gasteiger partial charge on any atom is 0.241 e. The van der Waals surface area contributed by atoms with Gasteiger partial charge < -0.3 is 9.80 Å². The first kappa shape index (κ1) is 14.5.